The van der Waals surface area contributed by atoms with Gasteiger partial charge in [-0.3, -0.25) is 4.79 Å². The van der Waals surface area contributed by atoms with Crippen molar-refractivity contribution >= 4 is 5.91 Å². The van der Waals surface area contributed by atoms with Crippen LogP contribution in [-0.4, -0.2) is 11.9 Å². The zero-order chi connectivity index (χ0) is 15.1. The maximum absolute atomic E-state index is 12.2. The van der Waals surface area contributed by atoms with Gasteiger partial charge in [-0.2, -0.15) is 0 Å². The summed E-state index contributed by atoms with van der Waals surface area (Å²) >= 11 is 0. The molecule has 3 N–H and O–H groups in total. The van der Waals surface area contributed by atoms with Crippen LogP contribution < -0.4 is 11.1 Å². The quantitative estimate of drug-likeness (QED) is 0.802. The Bertz CT molecular complexity index is 429. The molecule has 0 aliphatic heterocycles. The number of hydrogen-bond donors (Lipinski definition) is 2. The lowest BCUT2D eigenvalue weighted by Crippen LogP contribution is -2.32. The van der Waals surface area contributed by atoms with Gasteiger partial charge in [-0.25, -0.2) is 0 Å². The molecule has 1 amide bonds. The summed E-state index contributed by atoms with van der Waals surface area (Å²) in [5.74, 6) is 0.172. The third-order valence-electron chi connectivity index (χ3n) is 3.76. The van der Waals surface area contributed by atoms with E-state index in [0.717, 1.165) is 19.3 Å². The molecule has 0 saturated heterocycles. The van der Waals surface area contributed by atoms with Crippen LogP contribution in [0.2, 0.25) is 0 Å². The van der Waals surface area contributed by atoms with Crippen LogP contribution in [0.25, 0.3) is 0 Å². The zero-order valence-electron chi connectivity index (χ0n) is 13.1. The van der Waals surface area contributed by atoms with Crippen LogP contribution >= 0.6 is 0 Å². The molecule has 112 valence electrons. The third kappa shape index (κ3) is 5.33. The Morgan fingerprint density at radius 3 is 2.45 bits per heavy atom. The van der Waals surface area contributed by atoms with E-state index in [9.17, 15) is 4.79 Å². The zero-order valence-corrected chi connectivity index (χ0v) is 13.1. The molecule has 0 spiro atoms. The second-order valence-corrected chi connectivity index (χ2v) is 5.90. The summed E-state index contributed by atoms with van der Waals surface area (Å²) in [5, 5.41) is 3.10. The molecule has 1 aromatic carbocycles. The van der Waals surface area contributed by atoms with E-state index in [-0.39, 0.29) is 23.9 Å². The van der Waals surface area contributed by atoms with Crippen molar-refractivity contribution in [1.29, 1.82) is 0 Å². The number of hydrogen-bond acceptors (Lipinski definition) is 2. The van der Waals surface area contributed by atoms with Gasteiger partial charge in [0.25, 0.3) is 0 Å². The molecular weight excluding hydrogens is 248 g/mol. The van der Waals surface area contributed by atoms with Gasteiger partial charge >= 0.3 is 0 Å². The monoisotopic (exact) mass is 276 g/mol. The largest absolute Gasteiger partial charge is 0.349 e. The van der Waals surface area contributed by atoms with E-state index in [1.165, 1.54) is 11.1 Å². The molecule has 0 saturated carbocycles. The van der Waals surface area contributed by atoms with Crippen LogP contribution in [0.1, 0.15) is 57.2 Å². The minimum absolute atomic E-state index is 0.0419. The molecule has 0 bridgehead atoms. The molecule has 0 aromatic heterocycles. The number of benzene rings is 1. The number of carbonyl (C=O) groups excluding carboxylic acids is 1. The summed E-state index contributed by atoms with van der Waals surface area (Å²) in [6.07, 6.45) is 2.88. The average molecular weight is 276 g/mol. The van der Waals surface area contributed by atoms with Gasteiger partial charge in [0.1, 0.15) is 0 Å². The predicted molar refractivity (Wildman–Crippen MR) is 84.4 cm³/mol. The van der Waals surface area contributed by atoms with Gasteiger partial charge < -0.3 is 11.1 Å². The fourth-order valence-corrected chi connectivity index (χ4v) is 2.38. The molecule has 1 aromatic rings. The minimum Gasteiger partial charge on any atom is -0.349 e. The average Bonchev–Trinajstić information content (AvgIpc) is 2.38. The first-order chi connectivity index (χ1) is 9.41. The van der Waals surface area contributed by atoms with Crippen molar-refractivity contribution in [3.8, 4) is 0 Å². The number of amides is 1. The first-order valence-corrected chi connectivity index (χ1v) is 7.53. The molecule has 0 aliphatic carbocycles. The van der Waals surface area contributed by atoms with Crippen molar-refractivity contribution in [3.63, 3.8) is 0 Å². The van der Waals surface area contributed by atoms with E-state index in [1.54, 1.807) is 0 Å². The fraction of sp³-hybridized carbons (Fsp3) is 0.588. The van der Waals surface area contributed by atoms with Crippen molar-refractivity contribution in [1.82, 2.24) is 5.32 Å². The van der Waals surface area contributed by atoms with Gasteiger partial charge in [-0.1, -0.05) is 37.6 Å². The summed E-state index contributed by atoms with van der Waals surface area (Å²) in [6, 6.07) is 8.45. The van der Waals surface area contributed by atoms with E-state index in [4.69, 9.17) is 5.73 Å². The van der Waals surface area contributed by atoms with Gasteiger partial charge in [0.05, 0.1) is 6.04 Å². The second-order valence-electron chi connectivity index (χ2n) is 5.90. The maximum atomic E-state index is 12.2. The Hall–Kier alpha value is -1.35. The third-order valence-corrected chi connectivity index (χ3v) is 3.76. The number of nitrogens with one attached hydrogen (secondary N) is 1. The highest BCUT2D eigenvalue weighted by Gasteiger charge is 2.16. The molecule has 3 atom stereocenters. The molecule has 0 fully saturated rings. The SMILES string of the molecule is Cc1ccccc1C(C)NC(=O)C(C)CCCC(C)N. The Kier molecular flexibility index (Phi) is 6.73. The van der Waals surface area contributed by atoms with Crippen molar-refractivity contribution in [2.75, 3.05) is 0 Å². The van der Waals surface area contributed by atoms with Crippen LogP contribution in [0.4, 0.5) is 0 Å². The first-order valence-electron chi connectivity index (χ1n) is 7.53. The Morgan fingerprint density at radius 2 is 1.85 bits per heavy atom. The van der Waals surface area contributed by atoms with Crippen molar-refractivity contribution in [3.05, 3.63) is 35.4 Å². The summed E-state index contributed by atoms with van der Waals surface area (Å²) in [4.78, 5) is 12.2. The van der Waals surface area contributed by atoms with Crippen LogP contribution in [0.15, 0.2) is 24.3 Å². The van der Waals surface area contributed by atoms with Crippen molar-refractivity contribution < 1.29 is 4.79 Å². The van der Waals surface area contributed by atoms with E-state index < -0.39 is 0 Å². The Balaban J connectivity index is 2.47. The maximum Gasteiger partial charge on any atom is 0.223 e. The smallest absolute Gasteiger partial charge is 0.223 e. The summed E-state index contributed by atoms with van der Waals surface area (Å²) in [5.41, 5.74) is 8.12. The molecule has 3 nitrogen and oxygen atoms in total. The number of aryl methyl sites for hydroxylation is 1. The lowest BCUT2D eigenvalue weighted by atomic mass is 9.99. The van der Waals surface area contributed by atoms with Crippen LogP contribution in [0.3, 0.4) is 0 Å². The standard InChI is InChI=1S/C17H28N2O/c1-12-8-5-6-11-16(12)15(4)19-17(20)13(2)9-7-10-14(3)18/h5-6,8,11,13-15H,7,9-10,18H2,1-4H3,(H,19,20). The van der Waals surface area contributed by atoms with Crippen LogP contribution in [-0.2, 0) is 4.79 Å². The number of carbonyl (C=O) groups is 1. The molecule has 0 radical (unpaired) electrons. The molecular formula is C17H28N2O. The topological polar surface area (TPSA) is 55.1 Å². The summed E-state index contributed by atoms with van der Waals surface area (Å²) in [6.45, 7) is 8.10. The highest BCUT2D eigenvalue weighted by atomic mass is 16.1. The Morgan fingerprint density at radius 1 is 1.20 bits per heavy atom. The summed E-state index contributed by atoms with van der Waals surface area (Å²) < 4.78 is 0. The predicted octanol–water partition coefficient (Wildman–Crippen LogP) is 3.33. The molecule has 0 heterocycles. The van der Waals surface area contributed by atoms with Gasteiger partial charge in [0, 0.05) is 12.0 Å². The Labute approximate surface area is 122 Å². The molecule has 3 unspecified atom stereocenters. The highest BCUT2D eigenvalue weighted by Crippen LogP contribution is 2.18. The lowest BCUT2D eigenvalue weighted by Gasteiger charge is -2.19. The first kappa shape index (κ1) is 16.7. The second kappa shape index (κ2) is 8.05. The van der Waals surface area contributed by atoms with Gasteiger partial charge in [0.15, 0.2) is 0 Å². The molecule has 0 aliphatic rings. The van der Waals surface area contributed by atoms with Gasteiger partial charge in [-0.05, 0) is 44.7 Å². The van der Waals surface area contributed by atoms with E-state index in [2.05, 4.69) is 24.4 Å². The molecule has 3 heteroatoms. The lowest BCUT2D eigenvalue weighted by molar-refractivity contribution is -0.125. The van der Waals surface area contributed by atoms with Crippen LogP contribution in [0, 0.1) is 12.8 Å². The van der Waals surface area contributed by atoms with Crippen molar-refractivity contribution in [2.24, 2.45) is 11.7 Å². The highest BCUT2D eigenvalue weighted by molar-refractivity contribution is 5.78. The van der Waals surface area contributed by atoms with E-state index in [0.29, 0.717) is 0 Å². The normalized spacial score (nSPS) is 15.4. The van der Waals surface area contributed by atoms with Crippen molar-refractivity contribution in [2.45, 2.75) is 59.0 Å². The minimum atomic E-state index is 0.0419. The van der Waals surface area contributed by atoms with Gasteiger partial charge in [-0.15, -0.1) is 0 Å². The van der Waals surface area contributed by atoms with E-state index in [1.807, 2.05) is 32.9 Å². The summed E-state index contributed by atoms with van der Waals surface area (Å²) in [7, 11) is 0. The van der Waals surface area contributed by atoms with Crippen LogP contribution in [0.5, 0.6) is 0 Å². The fourth-order valence-electron chi connectivity index (χ4n) is 2.38. The molecule has 20 heavy (non-hydrogen) atoms. The van der Waals surface area contributed by atoms with Gasteiger partial charge in [0.2, 0.25) is 5.91 Å². The number of rotatable bonds is 7. The number of nitrogens with two attached hydrogens (primary N) is 1. The van der Waals surface area contributed by atoms with E-state index >= 15 is 0 Å². The molecule has 1 rings (SSSR count).